The summed E-state index contributed by atoms with van der Waals surface area (Å²) in [5, 5.41) is 5.16. The van der Waals surface area contributed by atoms with Crippen LogP contribution in [0, 0.1) is 0 Å². The van der Waals surface area contributed by atoms with Crippen molar-refractivity contribution < 1.29 is 31.2 Å². The molecule has 0 spiro atoms. The maximum atomic E-state index is 12.7. The number of amides is 2. The summed E-state index contributed by atoms with van der Waals surface area (Å²) in [6, 6.07) is 6.83. The van der Waals surface area contributed by atoms with E-state index in [9.17, 15) is 31.2 Å². The first-order valence-corrected chi connectivity index (χ1v) is 13.2. The summed E-state index contributed by atoms with van der Waals surface area (Å²) < 4.78 is 62.8. The standard InChI is InChI=1S/C21H20ClF3N6O4S2/c22-16-9-14(21(23,24)25)11-28-19(16)27-8-2-4-17(32)30-31-37(34,35)18-6-5-15(36-18)12-29-20(33)13-3-1-7-26-10-13/h1,3,5-7,9-11,31H,2,4,8,12H2,(H,27,28)(H,29,33)(H,30,32). The quantitative estimate of drug-likeness (QED) is 0.203. The van der Waals surface area contributed by atoms with E-state index < -0.39 is 27.7 Å². The molecule has 0 bridgehead atoms. The van der Waals surface area contributed by atoms with Crippen LogP contribution in [0.15, 0.2) is 53.1 Å². The van der Waals surface area contributed by atoms with Crippen LogP contribution >= 0.6 is 22.9 Å². The minimum atomic E-state index is -4.57. The Labute approximate surface area is 218 Å². The summed E-state index contributed by atoms with van der Waals surface area (Å²) in [4.78, 5) is 34.1. The number of thiophene rings is 1. The third-order valence-electron chi connectivity index (χ3n) is 4.62. The topological polar surface area (TPSA) is 142 Å². The average molecular weight is 577 g/mol. The van der Waals surface area contributed by atoms with E-state index in [4.69, 9.17) is 11.6 Å². The van der Waals surface area contributed by atoms with Crippen LogP contribution in [0.3, 0.4) is 0 Å². The second-order valence-electron chi connectivity index (χ2n) is 7.38. The maximum absolute atomic E-state index is 12.7. The molecule has 0 aliphatic carbocycles. The van der Waals surface area contributed by atoms with Gasteiger partial charge in [-0.3, -0.25) is 20.0 Å². The fourth-order valence-corrected chi connectivity index (χ4v) is 5.17. The molecule has 2 amide bonds. The molecule has 0 aromatic carbocycles. The second kappa shape index (κ2) is 12.3. The highest BCUT2D eigenvalue weighted by Crippen LogP contribution is 2.32. The number of carbonyl (C=O) groups is 2. The van der Waals surface area contributed by atoms with Gasteiger partial charge in [0, 0.05) is 36.4 Å². The molecule has 0 saturated carbocycles. The monoisotopic (exact) mass is 576 g/mol. The maximum Gasteiger partial charge on any atom is 0.417 e. The Morgan fingerprint density at radius 3 is 2.59 bits per heavy atom. The molecule has 3 aromatic heterocycles. The number of nitrogens with zero attached hydrogens (tertiary/aromatic N) is 2. The van der Waals surface area contributed by atoms with Gasteiger partial charge in [0.15, 0.2) is 0 Å². The Bertz CT molecular complexity index is 1350. The summed E-state index contributed by atoms with van der Waals surface area (Å²) >= 11 is 6.72. The minimum Gasteiger partial charge on any atom is -0.369 e. The summed E-state index contributed by atoms with van der Waals surface area (Å²) in [6.45, 7) is 0.252. The Balaban J connectivity index is 1.40. The lowest BCUT2D eigenvalue weighted by atomic mass is 10.2. The number of alkyl halides is 3. The fourth-order valence-electron chi connectivity index (χ4n) is 2.78. The van der Waals surface area contributed by atoms with E-state index in [1.54, 1.807) is 12.1 Å². The number of sulfonamides is 1. The van der Waals surface area contributed by atoms with Gasteiger partial charge in [0.25, 0.3) is 15.9 Å². The number of pyridine rings is 2. The summed E-state index contributed by atoms with van der Waals surface area (Å²) in [6.07, 6.45) is -0.867. The van der Waals surface area contributed by atoms with Crippen molar-refractivity contribution in [2.45, 2.75) is 29.8 Å². The van der Waals surface area contributed by atoms with Crippen molar-refractivity contribution in [2.24, 2.45) is 0 Å². The van der Waals surface area contributed by atoms with E-state index in [0.29, 0.717) is 16.6 Å². The number of carbonyl (C=O) groups excluding carboxylic acids is 2. The molecule has 0 fully saturated rings. The third kappa shape index (κ3) is 8.38. The Morgan fingerprint density at radius 2 is 1.92 bits per heavy atom. The van der Waals surface area contributed by atoms with Gasteiger partial charge in [0.2, 0.25) is 5.91 Å². The first-order valence-electron chi connectivity index (χ1n) is 10.5. The second-order valence-corrected chi connectivity index (χ2v) is 10.9. The number of nitrogens with one attached hydrogen (secondary N) is 4. The molecular formula is C21H20ClF3N6O4S2. The number of rotatable bonds is 11. The zero-order chi connectivity index (χ0) is 27.1. The van der Waals surface area contributed by atoms with E-state index in [1.807, 2.05) is 4.83 Å². The van der Waals surface area contributed by atoms with E-state index in [-0.39, 0.29) is 46.9 Å². The number of anilines is 1. The average Bonchev–Trinajstić information content (AvgIpc) is 3.35. The first kappa shape index (κ1) is 28.3. The fraction of sp³-hybridized carbons (Fsp3) is 0.238. The van der Waals surface area contributed by atoms with Crippen molar-refractivity contribution in [3.05, 3.63) is 69.9 Å². The van der Waals surface area contributed by atoms with E-state index in [1.165, 1.54) is 24.5 Å². The number of hydrogen-bond acceptors (Lipinski definition) is 8. The zero-order valence-electron chi connectivity index (χ0n) is 18.8. The molecule has 0 saturated heterocycles. The summed E-state index contributed by atoms with van der Waals surface area (Å²) in [5.74, 6) is -0.958. The van der Waals surface area contributed by atoms with Gasteiger partial charge in [0.05, 0.1) is 22.7 Å². The summed E-state index contributed by atoms with van der Waals surface area (Å²) in [5.41, 5.74) is 1.48. The van der Waals surface area contributed by atoms with Crippen molar-refractivity contribution in [1.29, 1.82) is 0 Å². The Kier molecular flexibility index (Phi) is 9.42. The van der Waals surface area contributed by atoms with Crippen LogP contribution in [0.1, 0.15) is 33.6 Å². The van der Waals surface area contributed by atoms with Gasteiger partial charge in [-0.15, -0.1) is 16.2 Å². The van der Waals surface area contributed by atoms with Crippen molar-refractivity contribution in [2.75, 3.05) is 11.9 Å². The number of hydrogen-bond donors (Lipinski definition) is 4. The molecule has 37 heavy (non-hydrogen) atoms. The highest BCUT2D eigenvalue weighted by Gasteiger charge is 2.31. The molecule has 0 atom stereocenters. The van der Waals surface area contributed by atoms with Crippen LogP contribution in [0.5, 0.6) is 0 Å². The lowest BCUT2D eigenvalue weighted by molar-refractivity contribution is -0.137. The molecule has 16 heteroatoms. The number of aromatic nitrogens is 2. The molecule has 3 heterocycles. The highest BCUT2D eigenvalue weighted by molar-refractivity contribution is 7.91. The van der Waals surface area contributed by atoms with Gasteiger partial charge in [-0.2, -0.15) is 13.2 Å². The number of halogens is 4. The predicted octanol–water partition coefficient (Wildman–Crippen LogP) is 3.34. The lowest BCUT2D eigenvalue weighted by Gasteiger charge is -2.11. The van der Waals surface area contributed by atoms with Crippen LogP contribution in [0.25, 0.3) is 0 Å². The zero-order valence-corrected chi connectivity index (χ0v) is 21.2. The Morgan fingerprint density at radius 1 is 1.14 bits per heavy atom. The van der Waals surface area contributed by atoms with E-state index >= 15 is 0 Å². The molecule has 3 rings (SSSR count). The van der Waals surface area contributed by atoms with Crippen LogP contribution in [-0.2, 0) is 27.5 Å². The van der Waals surface area contributed by atoms with Gasteiger partial charge >= 0.3 is 6.18 Å². The molecule has 198 valence electrons. The first-order chi connectivity index (χ1) is 17.5. The third-order valence-corrected chi connectivity index (χ3v) is 7.73. The molecule has 0 aliphatic rings. The van der Waals surface area contributed by atoms with Crippen LogP contribution < -0.4 is 20.9 Å². The normalized spacial score (nSPS) is 11.7. The van der Waals surface area contributed by atoms with Gasteiger partial charge < -0.3 is 10.6 Å². The summed E-state index contributed by atoms with van der Waals surface area (Å²) in [7, 11) is -4.04. The Hall–Kier alpha value is -3.27. The molecule has 0 unspecified atom stereocenters. The molecule has 0 aliphatic heterocycles. The van der Waals surface area contributed by atoms with Gasteiger partial charge in [0.1, 0.15) is 10.0 Å². The molecule has 3 aromatic rings. The van der Waals surface area contributed by atoms with E-state index in [2.05, 4.69) is 26.0 Å². The van der Waals surface area contributed by atoms with Crippen LogP contribution in [0.4, 0.5) is 19.0 Å². The SMILES string of the molecule is O=C(CCCNc1ncc(C(F)(F)F)cc1Cl)NNS(=O)(=O)c1ccc(CNC(=O)c2cccnc2)s1. The predicted molar refractivity (Wildman–Crippen MR) is 130 cm³/mol. The largest absolute Gasteiger partial charge is 0.417 e. The smallest absolute Gasteiger partial charge is 0.369 e. The lowest BCUT2D eigenvalue weighted by Crippen LogP contribution is -2.41. The van der Waals surface area contributed by atoms with Crippen molar-refractivity contribution in [3.63, 3.8) is 0 Å². The molecule has 10 nitrogen and oxygen atoms in total. The molecular weight excluding hydrogens is 557 g/mol. The van der Waals surface area contributed by atoms with Crippen LogP contribution in [-0.4, -0.2) is 36.7 Å². The molecule has 0 radical (unpaired) electrons. The van der Waals surface area contributed by atoms with Gasteiger partial charge in [-0.25, -0.2) is 13.4 Å². The van der Waals surface area contributed by atoms with Crippen molar-refractivity contribution in [1.82, 2.24) is 25.5 Å². The van der Waals surface area contributed by atoms with Gasteiger partial charge in [-0.1, -0.05) is 11.6 Å². The minimum absolute atomic E-state index is 0.0286. The van der Waals surface area contributed by atoms with Crippen LogP contribution in [0.2, 0.25) is 5.02 Å². The highest BCUT2D eigenvalue weighted by atomic mass is 35.5. The van der Waals surface area contributed by atoms with Crippen molar-refractivity contribution >= 4 is 50.6 Å². The molecule has 4 N–H and O–H groups in total. The van der Waals surface area contributed by atoms with E-state index in [0.717, 1.165) is 17.4 Å². The number of hydrazine groups is 1. The van der Waals surface area contributed by atoms with Gasteiger partial charge in [-0.05, 0) is 36.8 Å². The van der Waals surface area contributed by atoms with Crippen molar-refractivity contribution in [3.8, 4) is 0 Å².